The van der Waals surface area contributed by atoms with Gasteiger partial charge >= 0.3 is 17.9 Å². The number of methoxy groups -OCH3 is 1. The highest BCUT2D eigenvalue weighted by Gasteiger charge is 2.11. The number of rotatable bonds is 7. The lowest BCUT2D eigenvalue weighted by Gasteiger charge is -2.08. The largest absolute Gasteiger partial charge is 0.465 e. The lowest BCUT2D eigenvalue weighted by molar-refractivity contribution is -0.144. The lowest BCUT2D eigenvalue weighted by Crippen LogP contribution is -2.09. The molecule has 2 aromatic rings. The second kappa shape index (κ2) is 11.9. The number of ether oxygens (including phenoxy) is 4. The van der Waals surface area contributed by atoms with E-state index in [0.717, 1.165) is 6.08 Å². The Morgan fingerprint density at radius 2 is 1.36 bits per heavy atom. The van der Waals surface area contributed by atoms with Crippen LogP contribution >= 0.6 is 0 Å². The third-order valence-corrected chi connectivity index (χ3v) is 3.17. The maximum atomic E-state index is 12.1. The van der Waals surface area contributed by atoms with Gasteiger partial charge in [-0.25, -0.2) is 14.4 Å². The highest BCUT2D eigenvalue weighted by molar-refractivity contribution is 5.94. The molecular weight excluding hydrogens is 364 g/mol. The number of hydrogen-bond donors (Lipinski definition) is 0. The minimum atomic E-state index is -0.589. The molecule has 7 heteroatoms. The summed E-state index contributed by atoms with van der Waals surface area (Å²) in [5, 5.41) is 0. The molecule has 28 heavy (non-hydrogen) atoms. The molecule has 7 nitrogen and oxygen atoms in total. The van der Waals surface area contributed by atoms with Crippen molar-refractivity contribution < 1.29 is 33.3 Å². The van der Waals surface area contributed by atoms with Crippen LogP contribution in [-0.2, 0) is 14.3 Å². The van der Waals surface area contributed by atoms with E-state index in [1.807, 2.05) is 0 Å². The molecule has 0 aliphatic rings. The number of carbonyl (C=O) groups is 3. The summed E-state index contributed by atoms with van der Waals surface area (Å²) < 4.78 is 19.7. The van der Waals surface area contributed by atoms with Gasteiger partial charge in [0, 0.05) is 6.08 Å². The predicted molar refractivity (Wildman–Crippen MR) is 104 cm³/mol. The van der Waals surface area contributed by atoms with Crippen molar-refractivity contribution in [2.75, 3.05) is 13.9 Å². The van der Waals surface area contributed by atoms with Gasteiger partial charge in [-0.05, 0) is 48.5 Å². The molecule has 0 amide bonds. The van der Waals surface area contributed by atoms with Crippen LogP contribution in [0.4, 0.5) is 0 Å². The first kappa shape index (κ1) is 24.4. The van der Waals surface area contributed by atoms with Gasteiger partial charge in [0.25, 0.3) is 0 Å². The van der Waals surface area contributed by atoms with Crippen LogP contribution in [0.3, 0.4) is 0 Å². The van der Waals surface area contributed by atoms with Crippen molar-refractivity contribution in [2.24, 2.45) is 0 Å². The summed E-state index contributed by atoms with van der Waals surface area (Å²) in [7, 11) is 1.28. The molecule has 0 aliphatic heterocycles. The Balaban J connectivity index is 0.00000364. The summed E-state index contributed by atoms with van der Waals surface area (Å²) in [5.74, 6) is -0.908. The first-order valence-electron chi connectivity index (χ1n) is 7.46. The van der Waals surface area contributed by atoms with Crippen molar-refractivity contribution in [1.29, 1.82) is 0 Å². The van der Waals surface area contributed by atoms with Crippen LogP contribution in [0.5, 0.6) is 11.5 Å². The van der Waals surface area contributed by atoms with Gasteiger partial charge in [0.15, 0.2) is 0 Å². The summed E-state index contributed by atoms with van der Waals surface area (Å²) in [6.07, 6.45) is 1.03. The van der Waals surface area contributed by atoms with E-state index >= 15 is 0 Å². The lowest BCUT2D eigenvalue weighted by atomic mass is 10.1. The van der Waals surface area contributed by atoms with E-state index in [-0.39, 0.29) is 27.2 Å². The maximum Gasteiger partial charge on any atom is 0.343 e. The Bertz CT molecular complexity index is 793. The van der Waals surface area contributed by atoms with Crippen molar-refractivity contribution >= 4 is 17.9 Å². The van der Waals surface area contributed by atoms with Crippen LogP contribution < -0.4 is 9.47 Å². The van der Waals surface area contributed by atoms with Gasteiger partial charge in [0.2, 0.25) is 6.79 Å². The van der Waals surface area contributed by atoms with E-state index in [1.54, 1.807) is 12.1 Å². The average molecular weight is 388 g/mol. The van der Waals surface area contributed by atoms with Crippen LogP contribution in [0.2, 0.25) is 0 Å². The van der Waals surface area contributed by atoms with E-state index < -0.39 is 17.9 Å². The fourth-order valence-corrected chi connectivity index (χ4v) is 1.84. The molecular formula is C21H24O7. The molecule has 150 valence electrons. The molecule has 0 atom stereocenters. The Labute approximate surface area is 164 Å². The van der Waals surface area contributed by atoms with Gasteiger partial charge in [0.1, 0.15) is 11.5 Å². The monoisotopic (exact) mass is 388 g/mol. The molecule has 0 radical (unpaired) electrons. The van der Waals surface area contributed by atoms with E-state index in [0.29, 0.717) is 17.1 Å². The van der Waals surface area contributed by atoms with Crippen molar-refractivity contribution in [2.45, 2.75) is 14.9 Å². The zero-order chi connectivity index (χ0) is 18.9. The predicted octanol–water partition coefficient (Wildman–Crippen LogP) is 4.03. The molecule has 0 aromatic heterocycles. The van der Waals surface area contributed by atoms with Crippen LogP contribution in [0.15, 0.2) is 61.2 Å². The quantitative estimate of drug-likeness (QED) is 0.306. The topological polar surface area (TPSA) is 88.1 Å². The van der Waals surface area contributed by atoms with Gasteiger partial charge in [-0.15, -0.1) is 0 Å². The Hall–Kier alpha value is -3.61. The van der Waals surface area contributed by atoms with Crippen molar-refractivity contribution in [3.05, 3.63) is 72.3 Å². The molecule has 0 unspecified atom stereocenters. The van der Waals surface area contributed by atoms with Crippen molar-refractivity contribution in [3.8, 4) is 11.5 Å². The fraction of sp³-hybridized carbons (Fsp3) is 0.190. The van der Waals surface area contributed by atoms with Crippen LogP contribution in [0.1, 0.15) is 35.6 Å². The molecule has 0 saturated heterocycles. The Morgan fingerprint density at radius 1 is 0.857 bits per heavy atom. The van der Waals surface area contributed by atoms with Gasteiger partial charge in [0.05, 0.1) is 18.2 Å². The SMILES string of the molecule is C.C.C=CC(=O)OCOc1ccc(OC(=O)c2ccc(C(=O)OC)cc2)cc1. The molecule has 2 aromatic carbocycles. The Kier molecular flexibility index (Phi) is 10.4. The number of carbonyl (C=O) groups excluding carboxylic acids is 3. The molecule has 0 fully saturated rings. The second-order valence-corrected chi connectivity index (χ2v) is 4.86. The number of esters is 3. The molecule has 0 saturated carbocycles. The molecule has 0 N–H and O–H groups in total. The standard InChI is InChI=1S/C19H16O7.2CH4/c1-3-17(20)25-12-24-15-8-10-16(11-9-15)26-19(22)14-6-4-13(5-7-14)18(21)23-2;;/h3-11H,1,12H2,2H3;2*1H4. The normalized spacial score (nSPS) is 9.04. The maximum absolute atomic E-state index is 12.1. The summed E-state index contributed by atoms with van der Waals surface area (Å²) in [4.78, 5) is 34.3. The first-order valence-corrected chi connectivity index (χ1v) is 7.46. The second-order valence-electron chi connectivity index (χ2n) is 4.86. The minimum absolute atomic E-state index is 0. The molecule has 2 rings (SSSR count). The van der Waals surface area contributed by atoms with E-state index in [9.17, 15) is 14.4 Å². The van der Waals surface area contributed by atoms with E-state index in [4.69, 9.17) is 9.47 Å². The third kappa shape index (κ3) is 6.95. The highest BCUT2D eigenvalue weighted by Crippen LogP contribution is 2.19. The summed E-state index contributed by atoms with van der Waals surface area (Å²) in [6, 6.07) is 12.1. The summed E-state index contributed by atoms with van der Waals surface area (Å²) in [6.45, 7) is 3.01. The Morgan fingerprint density at radius 3 is 1.86 bits per heavy atom. The highest BCUT2D eigenvalue weighted by atomic mass is 16.7. The smallest absolute Gasteiger partial charge is 0.343 e. The minimum Gasteiger partial charge on any atom is -0.465 e. The molecule has 0 bridgehead atoms. The van der Waals surface area contributed by atoms with E-state index in [1.165, 1.54) is 43.5 Å². The number of benzene rings is 2. The third-order valence-electron chi connectivity index (χ3n) is 3.17. The zero-order valence-electron chi connectivity index (χ0n) is 14.0. The van der Waals surface area contributed by atoms with Crippen molar-refractivity contribution in [3.63, 3.8) is 0 Å². The molecule has 0 spiro atoms. The first-order chi connectivity index (χ1) is 12.5. The molecule has 0 aliphatic carbocycles. The van der Waals surface area contributed by atoms with Gasteiger partial charge in [-0.3, -0.25) is 0 Å². The fourth-order valence-electron chi connectivity index (χ4n) is 1.84. The summed E-state index contributed by atoms with van der Waals surface area (Å²) in [5.41, 5.74) is 0.622. The van der Waals surface area contributed by atoms with Crippen LogP contribution in [0.25, 0.3) is 0 Å². The van der Waals surface area contributed by atoms with E-state index in [2.05, 4.69) is 16.1 Å². The number of hydrogen-bond acceptors (Lipinski definition) is 7. The summed E-state index contributed by atoms with van der Waals surface area (Å²) >= 11 is 0. The van der Waals surface area contributed by atoms with Crippen LogP contribution in [0, 0.1) is 0 Å². The molecule has 0 heterocycles. The van der Waals surface area contributed by atoms with Crippen molar-refractivity contribution in [1.82, 2.24) is 0 Å². The van der Waals surface area contributed by atoms with Gasteiger partial charge < -0.3 is 18.9 Å². The van der Waals surface area contributed by atoms with Gasteiger partial charge in [-0.2, -0.15) is 0 Å². The van der Waals surface area contributed by atoms with Gasteiger partial charge in [-0.1, -0.05) is 21.4 Å². The zero-order valence-corrected chi connectivity index (χ0v) is 14.0. The van der Waals surface area contributed by atoms with Crippen LogP contribution in [-0.4, -0.2) is 31.8 Å². The average Bonchev–Trinajstić information content (AvgIpc) is 2.68.